The molecule has 1 heterocycles. The van der Waals surface area contributed by atoms with Crippen LogP contribution in [0.1, 0.15) is 28.8 Å². The fourth-order valence-corrected chi connectivity index (χ4v) is 4.08. The van der Waals surface area contributed by atoms with E-state index in [9.17, 15) is 9.59 Å². The molecule has 0 radical (unpaired) electrons. The predicted molar refractivity (Wildman–Crippen MR) is 114 cm³/mol. The molecule has 28 heavy (non-hydrogen) atoms. The van der Waals surface area contributed by atoms with Gasteiger partial charge in [-0.15, -0.1) is 0 Å². The van der Waals surface area contributed by atoms with Crippen molar-refractivity contribution in [2.45, 2.75) is 19.8 Å². The maximum absolute atomic E-state index is 12.9. The monoisotopic (exact) mass is 464 g/mol. The third-order valence-corrected chi connectivity index (χ3v) is 5.82. The number of likely N-dealkylation sites (tertiary alicyclic amines) is 1. The number of carbonyl (C=O) groups excluding carboxylic acids is 2. The SMILES string of the molecule is COc1ccc(Cl)cc1C(=O)N1CCC(C(=O)Nc2ccc(C)cc2Br)CC1. The average Bonchev–Trinajstić information content (AvgIpc) is 2.69. The Kier molecular flexibility index (Phi) is 6.62. The minimum absolute atomic E-state index is 0.0167. The topological polar surface area (TPSA) is 58.6 Å². The molecule has 0 aliphatic carbocycles. The van der Waals surface area contributed by atoms with E-state index in [1.165, 1.54) is 7.11 Å². The summed E-state index contributed by atoms with van der Waals surface area (Å²) in [7, 11) is 1.53. The summed E-state index contributed by atoms with van der Waals surface area (Å²) >= 11 is 9.52. The minimum Gasteiger partial charge on any atom is -0.496 e. The average molecular weight is 466 g/mol. The molecular formula is C21H22BrClN2O3. The van der Waals surface area contributed by atoms with Crippen LogP contribution in [0, 0.1) is 12.8 Å². The van der Waals surface area contributed by atoms with Gasteiger partial charge in [0.05, 0.1) is 18.4 Å². The molecule has 5 nitrogen and oxygen atoms in total. The fraction of sp³-hybridized carbons (Fsp3) is 0.333. The predicted octanol–water partition coefficient (Wildman–Crippen LogP) is 4.91. The second-order valence-corrected chi connectivity index (χ2v) is 8.17. The van der Waals surface area contributed by atoms with Crippen molar-refractivity contribution in [1.29, 1.82) is 0 Å². The number of halogens is 2. The highest BCUT2D eigenvalue weighted by atomic mass is 79.9. The molecule has 0 spiro atoms. The number of piperidine rings is 1. The van der Waals surface area contributed by atoms with Crippen LogP contribution >= 0.6 is 27.5 Å². The molecule has 0 saturated carbocycles. The van der Waals surface area contributed by atoms with Crippen molar-refractivity contribution in [3.63, 3.8) is 0 Å². The van der Waals surface area contributed by atoms with Gasteiger partial charge in [-0.05, 0) is 71.6 Å². The second-order valence-electron chi connectivity index (χ2n) is 6.88. The molecular weight excluding hydrogens is 444 g/mol. The first-order valence-electron chi connectivity index (χ1n) is 9.09. The third kappa shape index (κ3) is 4.67. The molecule has 7 heteroatoms. The number of benzene rings is 2. The zero-order valence-electron chi connectivity index (χ0n) is 15.8. The van der Waals surface area contributed by atoms with Gasteiger partial charge < -0.3 is 15.0 Å². The Bertz CT molecular complexity index is 895. The summed E-state index contributed by atoms with van der Waals surface area (Å²) in [6.45, 7) is 3.03. The lowest BCUT2D eigenvalue weighted by Gasteiger charge is -2.31. The summed E-state index contributed by atoms with van der Waals surface area (Å²) in [4.78, 5) is 27.2. The van der Waals surface area contributed by atoms with Gasteiger partial charge in [-0.3, -0.25) is 9.59 Å². The van der Waals surface area contributed by atoms with Crippen molar-refractivity contribution in [3.05, 3.63) is 57.0 Å². The van der Waals surface area contributed by atoms with E-state index >= 15 is 0 Å². The Morgan fingerprint density at radius 2 is 1.89 bits per heavy atom. The van der Waals surface area contributed by atoms with E-state index in [4.69, 9.17) is 16.3 Å². The van der Waals surface area contributed by atoms with Crippen LogP contribution in [0.3, 0.4) is 0 Å². The Balaban J connectivity index is 1.62. The molecule has 1 saturated heterocycles. The van der Waals surface area contributed by atoms with Crippen LogP contribution in [0.25, 0.3) is 0 Å². The van der Waals surface area contributed by atoms with Crippen LogP contribution in [0.5, 0.6) is 5.75 Å². The van der Waals surface area contributed by atoms with Gasteiger partial charge in [-0.25, -0.2) is 0 Å². The Morgan fingerprint density at radius 3 is 2.54 bits per heavy atom. The van der Waals surface area contributed by atoms with Gasteiger partial charge in [-0.1, -0.05) is 17.7 Å². The van der Waals surface area contributed by atoms with Crippen molar-refractivity contribution in [2.24, 2.45) is 5.92 Å². The molecule has 1 aliphatic rings. The highest BCUT2D eigenvalue weighted by Crippen LogP contribution is 2.28. The van der Waals surface area contributed by atoms with Crippen LogP contribution in [0.15, 0.2) is 40.9 Å². The minimum atomic E-state index is -0.126. The second kappa shape index (κ2) is 8.97. The number of nitrogens with one attached hydrogen (secondary N) is 1. The number of ether oxygens (including phenoxy) is 1. The van der Waals surface area contributed by atoms with Crippen molar-refractivity contribution < 1.29 is 14.3 Å². The molecule has 1 aliphatic heterocycles. The number of hydrogen-bond acceptors (Lipinski definition) is 3. The van der Waals surface area contributed by atoms with Gasteiger partial charge in [0.25, 0.3) is 5.91 Å². The number of hydrogen-bond donors (Lipinski definition) is 1. The molecule has 1 N–H and O–H groups in total. The zero-order chi connectivity index (χ0) is 20.3. The normalized spacial score (nSPS) is 14.6. The summed E-state index contributed by atoms with van der Waals surface area (Å²) in [6, 6.07) is 10.8. The lowest BCUT2D eigenvalue weighted by Crippen LogP contribution is -2.41. The van der Waals surface area contributed by atoms with E-state index in [-0.39, 0.29) is 17.7 Å². The molecule has 2 aromatic carbocycles. The first-order valence-corrected chi connectivity index (χ1v) is 10.3. The number of rotatable bonds is 4. The number of aryl methyl sites for hydroxylation is 1. The largest absolute Gasteiger partial charge is 0.496 e. The summed E-state index contributed by atoms with van der Waals surface area (Å²) < 4.78 is 6.15. The first kappa shape index (κ1) is 20.7. The molecule has 2 aromatic rings. The maximum Gasteiger partial charge on any atom is 0.257 e. The summed E-state index contributed by atoms with van der Waals surface area (Å²) in [5, 5.41) is 3.47. The van der Waals surface area contributed by atoms with Crippen LogP contribution in [-0.4, -0.2) is 36.9 Å². The van der Waals surface area contributed by atoms with Gasteiger partial charge in [0.2, 0.25) is 5.91 Å². The molecule has 148 valence electrons. The van der Waals surface area contributed by atoms with Gasteiger partial charge in [0, 0.05) is 28.5 Å². The van der Waals surface area contributed by atoms with E-state index in [0.29, 0.717) is 42.3 Å². The Labute approximate surface area is 178 Å². The van der Waals surface area contributed by atoms with Crippen molar-refractivity contribution in [1.82, 2.24) is 4.90 Å². The van der Waals surface area contributed by atoms with Crippen LogP contribution in [-0.2, 0) is 4.79 Å². The van der Waals surface area contributed by atoms with E-state index in [2.05, 4.69) is 21.2 Å². The van der Waals surface area contributed by atoms with Gasteiger partial charge in [0.15, 0.2) is 0 Å². The van der Waals surface area contributed by atoms with Gasteiger partial charge in [-0.2, -0.15) is 0 Å². The smallest absolute Gasteiger partial charge is 0.257 e. The maximum atomic E-state index is 12.9. The quantitative estimate of drug-likeness (QED) is 0.698. The van der Waals surface area contributed by atoms with Crippen LogP contribution in [0.2, 0.25) is 5.02 Å². The summed E-state index contributed by atoms with van der Waals surface area (Å²) in [6.07, 6.45) is 1.23. The summed E-state index contributed by atoms with van der Waals surface area (Å²) in [5.74, 6) is 0.230. The van der Waals surface area contributed by atoms with Crippen LogP contribution in [0.4, 0.5) is 5.69 Å². The zero-order valence-corrected chi connectivity index (χ0v) is 18.1. The van der Waals surface area contributed by atoms with Crippen molar-refractivity contribution >= 4 is 45.0 Å². The Hall–Kier alpha value is -2.05. The fourth-order valence-electron chi connectivity index (χ4n) is 3.32. The van der Waals surface area contributed by atoms with Crippen LogP contribution < -0.4 is 10.1 Å². The number of methoxy groups -OCH3 is 1. The first-order chi connectivity index (χ1) is 13.4. The van der Waals surface area contributed by atoms with Gasteiger partial charge >= 0.3 is 0 Å². The lowest BCUT2D eigenvalue weighted by atomic mass is 9.95. The third-order valence-electron chi connectivity index (χ3n) is 4.93. The van der Waals surface area contributed by atoms with E-state index in [1.54, 1.807) is 23.1 Å². The number of nitrogens with zero attached hydrogens (tertiary/aromatic N) is 1. The van der Waals surface area contributed by atoms with Crippen molar-refractivity contribution in [2.75, 3.05) is 25.5 Å². The number of amides is 2. The highest BCUT2D eigenvalue weighted by Gasteiger charge is 2.29. The van der Waals surface area contributed by atoms with E-state index in [0.717, 1.165) is 15.7 Å². The standard InChI is InChI=1S/C21H22BrClN2O3/c1-13-3-5-18(17(22)11-13)24-20(26)14-7-9-25(10-8-14)21(27)16-12-15(23)4-6-19(16)28-2/h3-6,11-12,14H,7-10H2,1-2H3,(H,24,26). The molecule has 2 amide bonds. The molecule has 0 atom stereocenters. The highest BCUT2D eigenvalue weighted by molar-refractivity contribution is 9.10. The molecule has 3 rings (SSSR count). The molecule has 1 fully saturated rings. The number of anilines is 1. The van der Waals surface area contributed by atoms with Gasteiger partial charge in [0.1, 0.15) is 5.75 Å². The Morgan fingerprint density at radius 1 is 1.18 bits per heavy atom. The number of carbonyl (C=O) groups is 2. The van der Waals surface area contributed by atoms with E-state index < -0.39 is 0 Å². The lowest BCUT2D eigenvalue weighted by molar-refractivity contribution is -0.121. The van der Waals surface area contributed by atoms with E-state index in [1.807, 2.05) is 25.1 Å². The molecule has 0 unspecified atom stereocenters. The summed E-state index contributed by atoms with van der Waals surface area (Å²) in [5.41, 5.74) is 2.33. The molecule has 0 bridgehead atoms. The van der Waals surface area contributed by atoms with Crippen molar-refractivity contribution in [3.8, 4) is 5.75 Å². The molecule has 0 aromatic heterocycles.